The smallest absolute Gasteiger partial charge is 0.241 e. The average molecular weight is 326 g/mol. The molecule has 0 radical (unpaired) electrons. The summed E-state index contributed by atoms with van der Waals surface area (Å²) in [6, 6.07) is 16.3. The van der Waals surface area contributed by atoms with Gasteiger partial charge in [0.15, 0.2) is 0 Å². The van der Waals surface area contributed by atoms with Crippen molar-refractivity contribution in [1.82, 2.24) is 4.90 Å². The van der Waals surface area contributed by atoms with Crippen LogP contribution in [0, 0.1) is 0 Å². The van der Waals surface area contributed by atoms with Gasteiger partial charge >= 0.3 is 0 Å². The molecule has 1 aliphatic heterocycles. The molecule has 0 fully saturated rings. The molecule has 23 heavy (non-hydrogen) atoms. The summed E-state index contributed by atoms with van der Waals surface area (Å²) in [5.74, 6) is 0.0610. The van der Waals surface area contributed by atoms with E-state index in [4.69, 9.17) is 0 Å². The van der Waals surface area contributed by atoms with Gasteiger partial charge in [0, 0.05) is 18.0 Å². The normalized spacial score (nSPS) is 15.7. The highest BCUT2D eigenvalue weighted by atomic mass is 32.2. The maximum atomic E-state index is 12.6. The van der Waals surface area contributed by atoms with Gasteiger partial charge < -0.3 is 5.32 Å². The van der Waals surface area contributed by atoms with Crippen LogP contribution < -0.4 is 5.32 Å². The largest absolute Gasteiger partial charge is 0.324 e. The number of nitrogens with zero attached hydrogens (tertiary/aromatic N) is 1. The molecule has 3 nitrogen and oxygen atoms in total. The molecule has 1 atom stereocenters. The first kappa shape index (κ1) is 16.1. The van der Waals surface area contributed by atoms with Crippen LogP contribution in [0.1, 0.15) is 18.1 Å². The van der Waals surface area contributed by atoms with E-state index in [0.717, 1.165) is 30.1 Å². The van der Waals surface area contributed by atoms with Crippen LogP contribution in [0.3, 0.4) is 0 Å². The Balaban J connectivity index is 1.69. The fourth-order valence-corrected chi connectivity index (χ4v) is 3.55. The minimum absolute atomic E-state index is 0.0610. The molecule has 1 N–H and O–H groups in total. The highest BCUT2D eigenvalue weighted by Gasteiger charge is 2.25. The molecule has 0 saturated carbocycles. The van der Waals surface area contributed by atoms with Gasteiger partial charge in [-0.3, -0.25) is 9.69 Å². The standard InChI is InChI=1S/C19H22N2OS/c1-14(19(22)20-17-9-5-6-10-18(17)23-2)21-12-11-15-7-3-4-8-16(15)13-21/h3-10,14H,11-13H2,1-2H3,(H,20,22)/t14-/m0/s1. The van der Waals surface area contributed by atoms with E-state index in [1.54, 1.807) is 11.8 Å². The molecule has 0 aromatic heterocycles. The molecule has 0 bridgehead atoms. The van der Waals surface area contributed by atoms with Crippen LogP contribution in [0.5, 0.6) is 0 Å². The Kier molecular flexibility index (Phi) is 5.03. The fourth-order valence-electron chi connectivity index (χ4n) is 3.00. The molecule has 0 spiro atoms. The SMILES string of the molecule is CSc1ccccc1NC(=O)[C@H](C)N1CCc2ccccc2C1. The van der Waals surface area contributed by atoms with Crippen molar-refractivity contribution in [2.75, 3.05) is 18.1 Å². The van der Waals surface area contributed by atoms with Gasteiger partial charge in [-0.25, -0.2) is 0 Å². The second kappa shape index (κ2) is 7.20. The lowest BCUT2D eigenvalue weighted by Gasteiger charge is -2.33. The lowest BCUT2D eigenvalue weighted by atomic mass is 9.99. The predicted octanol–water partition coefficient (Wildman–Crippen LogP) is 3.79. The van der Waals surface area contributed by atoms with E-state index in [1.807, 2.05) is 37.4 Å². The zero-order valence-corrected chi connectivity index (χ0v) is 14.4. The van der Waals surface area contributed by atoms with Crippen molar-refractivity contribution in [3.05, 3.63) is 59.7 Å². The Morgan fingerprint density at radius 3 is 2.61 bits per heavy atom. The van der Waals surface area contributed by atoms with E-state index >= 15 is 0 Å². The first-order chi connectivity index (χ1) is 11.2. The lowest BCUT2D eigenvalue weighted by molar-refractivity contribution is -0.121. The van der Waals surface area contributed by atoms with Gasteiger partial charge in [0.05, 0.1) is 11.7 Å². The predicted molar refractivity (Wildman–Crippen MR) is 96.9 cm³/mol. The summed E-state index contributed by atoms with van der Waals surface area (Å²) < 4.78 is 0. The number of anilines is 1. The molecule has 120 valence electrons. The quantitative estimate of drug-likeness (QED) is 0.868. The molecule has 3 rings (SSSR count). The third-order valence-electron chi connectivity index (χ3n) is 4.45. The number of amides is 1. The van der Waals surface area contributed by atoms with Crippen LogP contribution in [0.15, 0.2) is 53.4 Å². The van der Waals surface area contributed by atoms with E-state index in [0.29, 0.717) is 0 Å². The summed E-state index contributed by atoms with van der Waals surface area (Å²) in [7, 11) is 0. The van der Waals surface area contributed by atoms with Crippen molar-refractivity contribution >= 4 is 23.4 Å². The number of carbonyl (C=O) groups excluding carboxylic acids is 1. The molecule has 4 heteroatoms. The van der Waals surface area contributed by atoms with Gasteiger partial charge in [0.2, 0.25) is 5.91 Å². The lowest BCUT2D eigenvalue weighted by Crippen LogP contribution is -2.44. The minimum Gasteiger partial charge on any atom is -0.324 e. The summed E-state index contributed by atoms with van der Waals surface area (Å²) in [4.78, 5) is 16.0. The molecular formula is C19H22N2OS. The monoisotopic (exact) mass is 326 g/mol. The molecule has 1 amide bonds. The number of benzene rings is 2. The average Bonchev–Trinajstić information content (AvgIpc) is 2.61. The highest BCUT2D eigenvalue weighted by molar-refractivity contribution is 7.98. The molecule has 1 heterocycles. The van der Waals surface area contributed by atoms with E-state index in [9.17, 15) is 4.79 Å². The summed E-state index contributed by atoms with van der Waals surface area (Å²) in [6.45, 7) is 3.76. The number of hydrogen-bond donors (Lipinski definition) is 1. The number of rotatable bonds is 4. The van der Waals surface area contributed by atoms with Crippen LogP contribution >= 0.6 is 11.8 Å². The summed E-state index contributed by atoms with van der Waals surface area (Å²) in [6.07, 6.45) is 3.03. The highest BCUT2D eigenvalue weighted by Crippen LogP contribution is 2.25. The Bertz CT molecular complexity index is 701. The van der Waals surface area contributed by atoms with E-state index in [-0.39, 0.29) is 11.9 Å². The van der Waals surface area contributed by atoms with Gasteiger partial charge in [-0.1, -0.05) is 36.4 Å². The number of carbonyl (C=O) groups is 1. The second-order valence-corrected chi connectivity index (χ2v) is 6.70. The second-order valence-electron chi connectivity index (χ2n) is 5.85. The van der Waals surface area contributed by atoms with Gasteiger partial charge in [-0.15, -0.1) is 11.8 Å². The number of para-hydroxylation sites is 1. The van der Waals surface area contributed by atoms with E-state index in [1.165, 1.54) is 11.1 Å². The van der Waals surface area contributed by atoms with Crippen molar-refractivity contribution < 1.29 is 4.79 Å². The Morgan fingerprint density at radius 1 is 1.13 bits per heavy atom. The van der Waals surface area contributed by atoms with E-state index in [2.05, 4.69) is 34.5 Å². The van der Waals surface area contributed by atoms with Crippen LogP contribution in [0.4, 0.5) is 5.69 Å². The fraction of sp³-hybridized carbons (Fsp3) is 0.316. The number of nitrogens with one attached hydrogen (secondary N) is 1. The molecule has 0 saturated heterocycles. The number of fused-ring (bicyclic) bond motifs is 1. The van der Waals surface area contributed by atoms with Gasteiger partial charge in [-0.05, 0) is 42.9 Å². The maximum absolute atomic E-state index is 12.6. The third-order valence-corrected chi connectivity index (χ3v) is 5.25. The number of thioether (sulfide) groups is 1. The third kappa shape index (κ3) is 3.59. The van der Waals surface area contributed by atoms with Gasteiger partial charge in [0.1, 0.15) is 0 Å². The number of hydrogen-bond acceptors (Lipinski definition) is 3. The van der Waals surface area contributed by atoms with E-state index < -0.39 is 0 Å². The Hall–Kier alpha value is -1.78. The first-order valence-corrected chi connectivity index (χ1v) is 9.16. The van der Waals surface area contributed by atoms with Crippen LogP contribution in [-0.2, 0) is 17.8 Å². The molecule has 1 aliphatic rings. The maximum Gasteiger partial charge on any atom is 0.241 e. The molecule has 2 aromatic rings. The Morgan fingerprint density at radius 2 is 1.83 bits per heavy atom. The molecule has 2 aromatic carbocycles. The van der Waals surface area contributed by atoms with Crippen molar-refractivity contribution in [3.8, 4) is 0 Å². The van der Waals surface area contributed by atoms with Crippen LogP contribution in [-0.4, -0.2) is 29.6 Å². The van der Waals surface area contributed by atoms with Crippen LogP contribution in [0.2, 0.25) is 0 Å². The summed E-state index contributed by atoms with van der Waals surface area (Å²) >= 11 is 1.65. The molecular weight excluding hydrogens is 304 g/mol. The van der Waals surface area contributed by atoms with Gasteiger partial charge in [0.25, 0.3) is 0 Å². The first-order valence-electron chi connectivity index (χ1n) is 7.93. The summed E-state index contributed by atoms with van der Waals surface area (Å²) in [5.41, 5.74) is 3.64. The molecule has 0 aliphatic carbocycles. The molecule has 0 unspecified atom stereocenters. The van der Waals surface area contributed by atoms with Crippen molar-refractivity contribution in [1.29, 1.82) is 0 Å². The topological polar surface area (TPSA) is 32.3 Å². The zero-order chi connectivity index (χ0) is 16.2. The zero-order valence-electron chi connectivity index (χ0n) is 13.6. The van der Waals surface area contributed by atoms with Crippen molar-refractivity contribution in [2.45, 2.75) is 30.8 Å². The van der Waals surface area contributed by atoms with Crippen molar-refractivity contribution in [3.63, 3.8) is 0 Å². The van der Waals surface area contributed by atoms with Gasteiger partial charge in [-0.2, -0.15) is 0 Å². The van der Waals surface area contributed by atoms with Crippen molar-refractivity contribution in [2.24, 2.45) is 0 Å². The summed E-state index contributed by atoms with van der Waals surface area (Å²) in [5, 5.41) is 3.08. The Labute approximate surface area is 142 Å². The van der Waals surface area contributed by atoms with Crippen LogP contribution in [0.25, 0.3) is 0 Å². The minimum atomic E-state index is -0.140.